The minimum atomic E-state index is -2.20. The minimum absolute atomic E-state index is 0.0781. The van der Waals surface area contributed by atoms with E-state index in [1.807, 2.05) is 39.8 Å². The van der Waals surface area contributed by atoms with Crippen molar-refractivity contribution in [2.24, 2.45) is 11.3 Å². The molecule has 11 heteroatoms. The van der Waals surface area contributed by atoms with Crippen molar-refractivity contribution in [2.45, 2.75) is 116 Å². The molecular weight excluding hydrogens is 567 g/mol. The highest BCUT2D eigenvalue weighted by molar-refractivity contribution is 5.93. The van der Waals surface area contributed by atoms with Crippen LogP contribution in [0.25, 0.3) is 11.0 Å². The highest BCUT2D eigenvalue weighted by Gasteiger charge is 2.61. The van der Waals surface area contributed by atoms with E-state index < -0.39 is 52.7 Å². The van der Waals surface area contributed by atoms with Crippen LogP contribution >= 0.6 is 0 Å². The zero-order valence-electron chi connectivity index (χ0n) is 26.9. The number of nitrogens with one attached hydrogen (secondary N) is 1. The molecule has 1 saturated heterocycles. The topological polar surface area (TPSA) is 120 Å². The third kappa shape index (κ3) is 6.06. The molecule has 240 valence electrons. The van der Waals surface area contributed by atoms with Crippen LogP contribution < -0.4 is 14.8 Å². The zero-order chi connectivity index (χ0) is 32.0. The lowest BCUT2D eigenvalue weighted by molar-refractivity contribution is -0.143. The molecule has 2 bridgehead atoms. The Labute approximate surface area is 258 Å². The van der Waals surface area contributed by atoms with Gasteiger partial charge in [-0.2, -0.15) is 0 Å². The first-order valence-electron chi connectivity index (χ1n) is 15.7. The van der Waals surface area contributed by atoms with Gasteiger partial charge in [0.2, 0.25) is 11.8 Å². The molecule has 1 N–H and O–H groups in total. The van der Waals surface area contributed by atoms with Crippen molar-refractivity contribution in [3.8, 4) is 11.6 Å². The fourth-order valence-corrected chi connectivity index (χ4v) is 6.77. The summed E-state index contributed by atoms with van der Waals surface area (Å²) >= 11 is 0. The summed E-state index contributed by atoms with van der Waals surface area (Å²) in [5, 5.41) is 2.77. The van der Waals surface area contributed by atoms with Crippen molar-refractivity contribution in [3.05, 3.63) is 23.9 Å². The van der Waals surface area contributed by atoms with Gasteiger partial charge in [0.05, 0.1) is 24.7 Å². The molecule has 44 heavy (non-hydrogen) atoms. The van der Waals surface area contributed by atoms with Crippen LogP contribution in [0, 0.1) is 11.3 Å². The summed E-state index contributed by atoms with van der Waals surface area (Å²) < 4.78 is 34.7. The molecule has 6 atom stereocenters. The number of Topliss-reactive ketones (excluding diaryl/α,β-unsaturated/α-hetero) is 1. The molecule has 2 amide bonds. The van der Waals surface area contributed by atoms with Gasteiger partial charge in [0.15, 0.2) is 17.6 Å². The molecule has 10 nitrogen and oxygen atoms in total. The first-order valence-corrected chi connectivity index (χ1v) is 15.7. The molecule has 0 spiro atoms. The van der Waals surface area contributed by atoms with E-state index in [4.69, 9.17) is 24.2 Å². The third-order valence-electron chi connectivity index (χ3n) is 9.56. The van der Waals surface area contributed by atoms with Crippen LogP contribution in [0.4, 0.5) is 9.18 Å². The number of rotatable bonds is 3. The van der Waals surface area contributed by atoms with Gasteiger partial charge in [0.1, 0.15) is 29.1 Å². The molecule has 0 radical (unpaired) electrons. The van der Waals surface area contributed by atoms with Crippen LogP contribution in [0.3, 0.4) is 0 Å². The predicted molar refractivity (Wildman–Crippen MR) is 162 cm³/mol. The second kappa shape index (κ2) is 11.8. The summed E-state index contributed by atoms with van der Waals surface area (Å²) in [4.78, 5) is 51.3. The average Bonchev–Trinajstić information content (AvgIpc) is 3.49. The number of ether oxygens (including phenoxy) is 3. The smallest absolute Gasteiger partial charge is 0.408 e. The number of hydrogen-bond donors (Lipinski definition) is 1. The van der Waals surface area contributed by atoms with Gasteiger partial charge in [-0.1, -0.05) is 40.5 Å². The Balaban J connectivity index is 1.58. The van der Waals surface area contributed by atoms with Crippen molar-refractivity contribution < 1.29 is 33.0 Å². The molecule has 3 heterocycles. The number of aryl methyl sites for hydroxylation is 1. The van der Waals surface area contributed by atoms with E-state index in [0.29, 0.717) is 28.9 Å². The third-order valence-corrected chi connectivity index (χ3v) is 9.56. The fourth-order valence-electron chi connectivity index (χ4n) is 6.77. The summed E-state index contributed by atoms with van der Waals surface area (Å²) in [5.41, 5.74) is -1.76. The standard InChI is InChI=1S/C33H45FN4O6/c1-8-33(34)25-18-38(27(33)19(2)39)29(40)26(31(3,4)5)37-30(41)44-32(6)17-20(32)12-10-9-11-13-23-28(43-25)36-24-16-21(42-7)14-15-22(24)35-23/h14-16,20,25-27H,8-13,17-18H2,1-7H3,(H,37,41)/t20-,25+,26-,27-,32-,33+/m1/s1. The molecule has 2 fully saturated rings. The number of carbonyl (C=O) groups is 3. The maximum absolute atomic E-state index is 17.1. The number of amides is 2. The number of aromatic nitrogens is 2. The molecule has 1 aliphatic carbocycles. The molecule has 3 aliphatic rings. The number of nitrogens with zero attached hydrogens (tertiary/aromatic N) is 3. The quantitative estimate of drug-likeness (QED) is 0.493. The highest BCUT2D eigenvalue weighted by Crippen LogP contribution is 2.50. The molecule has 2 aliphatic heterocycles. The van der Waals surface area contributed by atoms with Gasteiger partial charge < -0.3 is 24.4 Å². The maximum atomic E-state index is 17.1. The van der Waals surface area contributed by atoms with Crippen LogP contribution in [0.2, 0.25) is 0 Å². The number of ketones is 1. The van der Waals surface area contributed by atoms with E-state index in [2.05, 4.69) is 5.32 Å². The number of hydrogen-bond acceptors (Lipinski definition) is 8. The summed E-state index contributed by atoms with van der Waals surface area (Å²) in [5.74, 6) is -0.0423. The van der Waals surface area contributed by atoms with Gasteiger partial charge in [-0.25, -0.2) is 19.2 Å². The van der Waals surface area contributed by atoms with Gasteiger partial charge in [-0.15, -0.1) is 0 Å². The Morgan fingerprint density at radius 3 is 2.59 bits per heavy atom. The van der Waals surface area contributed by atoms with Crippen molar-refractivity contribution >= 4 is 28.8 Å². The van der Waals surface area contributed by atoms with Gasteiger partial charge >= 0.3 is 6.09 Å². The molecule has 2 aromatic rings. The number of fused-ring (bicyclic) bond motifs is 5. The van der Waals surface area contributed by atoms with Crippen molar-refractivity contribution in [1.82, 2.24) is 20.2 Å². The van der Waals surface area contributed by atoms with Gasteiger partial charge in [-0.05, 0) is 63.5 Å². The number of halogens is 1. The summed E-state index contributed by atoms with van der Waals surface area (Å²) in [7, 11) is 1.56. The highest BCUT2D eigenvalue weighted by atomic mass is 19.1. The maximum Gasteiger partial charge on any atom is 0.408 e. The van der Waals surface area contributed by atoms with E-state index in [0.717, 1.165) is 32.1 Å². The lowest BCUT2D eigenvalue weighted by Crippen LogP contribution is -2.59. The molecular formula is C33H45FN4O6. The monoisotopic (exact) mass is 612 g/mol. The molecule has 5 rings (SSSR count). The number of benzene rings is 1. The zero-order valence-corrected chi connectivity index (χ0v) is 26.9. The van der Waals surface area contributed by atoms with Crippen LogP contribution in [0.1, 0.15) is 85.8 Å². The first kappa shape index (κ1) is 31.9. The van der Waals surface area contributed by atoms with Crippen LogP contribution in [0.15, 0.2) is 18.2 Å². The van der Waals surface area contributed by atoms with E-state index in [1.165, 1.54) is 11.8 Å². The summed E-state index contributed by atoms with van der Waals surface area (Å²) in [6.07, 6.45) is 2.95. The Bertz CT molecular complexity index is 1450. The normalized spacial score (nSPS) is 31.5. The van der Waals surface area contributed by atoms with Gasteiger partial charge in [-0.3, -0.25) is 9.59 Å². The van der Waals surface area contributed by atoms with E-state index in [1.54, 1.807) is 20.1 Å². The summed E-state index contributed by atoms with van der Waals surface area (Å²) in [6.45, 7) is 10.1. The molecule has 1 saturated carbocycles. The fraction of sp³-hybridized carbons (Fsp3) is 0.667. The van der Waals surface area contributed by atoms with Crippen LogP contribution in [-0.4, -0.2) is 75.8 Å². The van der Waals surface area contributed by atoms with Crippen LogP contribution in [-0.2, 0) is 20.7 Å². The molecule has 1 aromatic heterocycles. The van der Waals surface area contributed by atoms with Gasteiger partial charge in [0, 0.05) is 12.0 Å². The second-order valence-corrected chi connectivity index (χ2v) is 13.9. The minimum Gasteiger partial charge on any atom is -0.497 e. The van der Waals surface area contributed by atoms with Crippen molar-refractivity contribution in [1.29, 1.82) is 0 Å². The van der Waals surface area contributed by atoms with E-state index in [9.17, 15) is 14.4 Å². The largest absolute Gasteiger partial charge is 0.497 e. The number of alkyl carbamates (subject to hydrolysis) is 1. The van der Waals surface area contributed by atoms with Gasteiger partial charge in [0.25, 0.3) is 0 Å². The molecule has 1 aromatic carbocycles. The lowest BCUT2D eigenvalue weighted by atomic mass is 9.85. The molecule has 0 unspecified atom stereocenters. The second-order valence-electron chi connectivity index (χ2n) is 13.9. The Morgan fingerprint density at radius 1 is 1.18 bits per heavy atom. The Kier molecular flexibility index (Phi) is 8.54. The Morgan fingerprint density at radius 2 is 1.93 bits per heavy atom. The van der Waals surface area contributed by atoms with Crippen LogP contribution in [0.5, 0.6) is 11.6 Å². The number of carbonyl (C=O) groups excluding carboxylic acids is 3. The van der Waals surface area contributed by atoms with E-state index in [-0.39, 0.29) is 24.8 Å². The first-order chi connectivity index (χ1) is 20.7. The number of methoxy groups -OCH3 is 1. The predicted octanol–water partition coefficient (Wildman–Crippen LogP) is 5.34. The SMILES string of the molecule is CC[C@]1(F)[C@@H]2CN(C(=O)[C@H](C(C)(C)C)NC(=O)O[C@]3(C)C[C@H]3CCCCCc3nc4ccc(OC)cc4nc3O2)[C@@H]1C(C)=O. The summed E-state index contributed by atoms with van der Waals surface area (Å²) in [6, 6.07) is 2.91. The van der Waals surface area contributed by atoms with Crippen molar-refractivity contribution in [3.63, 3.8) is 0 Å². The van der Waals surface area contributed by atoms with Crippen molar-refractivity contribution in [2.75, 3.05) is 13.7 Å². The lowest BCUT2D eigenvalue weighted by Gasteiger charge is -2.36. The Hall–Kier alpha value is -3.50. The average molecular weight is 613 g/mol. The number of alkyl halides is 1. The van der Waals surface area contributed by atoms with E-state index >= 15 is 4.39 Å².